The molecular formula is C21H21ClN4O3. The van der Waals surface area contributed by atoms with E-state index < -0.39 is 11.5 Å². The fourth-order valence-electron chi connectivity index (χ4n) is 3.38. The van der Waals surface area contributed by atoms with Gasteiger partial charge in [-0.1, -0.05) is 35.9 Å². The lowest BCUT2D eigenvalue weighted by molar-refractivity contribution is 0.0385. The van der Waals surface area contributed by atoms with Crippen LogP contribution in [0.15, 0.2) is 47.3 Å². The Balaban J connectivity index is 1.60. The average molecular weight is 413 g/mol. The highest BCUT2D eigenvalue weighted by molar-refractivity contribution is 6.34. The van der Waals surface area contributed by atoms with Crippen molar-refractivity contribution in [2.45, 2.75) is 6.42 Å². The minimum Gasteiger partial charge on any atom is -0.379 e. The van der Waals surface area contributed by atoms with Gasteiger partial charge < -0.3 is 15.0 Å². The van der Waals surface area contributed by atoms with Gasteiger partial charge in [0.25, 0.3) is 11.5 Å². The van der Waals surface area contributed by atoms with E-state index in [1.807, 2.05) is 18.2 Å². The van der Waals surface area contributed by atoms with Crippen molar-refractivity contribution in [1.29, 1.82) is 0 Å². The van der Waals surface area contributed by atoms with E-state index in [4.69, 9.17) is 16.3 Å². The first-order valence-electron chi connectivity index (χ1n) is 9.50. The predicted molar refractivity (Wildman–Crippen MR) is 113 cm³/mol. The molecule has 0 atom stereocenters. The van der Waals surface area contributed by atoms with Crippen molar-refractivity contribution in [1.82, 2.24) is 14.9 Å². The summed E-state index contributed by atoms with van der Waals surface area (Å²) >= 11 is 6.08. The standard InChI is InChI=1S/C21H21ClN4O3/c22-16-6-2-1-5-15(16)20(27)25-19-21(28)23-17-7-3-4-14(18(17)24-19)8-9-26-10-12-29-13-11-26/h1-7H,8-13H2,(H,23,28)(H,24,25,27). The number of hydrogen-bond donors (Lipinski definition) is 2. The maximum absolute atomic E-state index is 12.5. The fourth-order valence-corrected chi connectivity index (χ4v) is 3.60. The van der Waals surface area contributed by atoms with Crippen LogP contribution in [0.25, 0.3) is 11.0 Å². The van der Waals surface area contributed by atoms with Crippen LogP contribution < -0.4 is 10.9 Å². The molecule has 1 aliphatic heterocycles. The molecule has 2 aromatic carbocycles. The summed E-state index contributed by atoms with van der Waals surface area (Å²) < 4.78 is 5.39. The largest absolute Gasteiger partial charge is 0.379 e. The number of aromatic nitrogens is 2. The Kier molecular flexibility index (Phi) is 5.89. The van der Waals surface area contributed by atoms with Crippen molar-refractivity contribution in [2.75, 3.05) is 38.2 Å². The lowest BCUT2D eigenvalue weighted by Crippen LogP contribution is -2.37. The third-order valence-corrected chi connectivity index (χ3v) is 5.29. The Labute approximate surface area is 172 Å². The van der Waals surface area contributed by atoms with E-state index in [1.165, 1.54) is 0 Å². The number of halogens is 1. The number of ether oxygens (including phenoxy) is 1. The quantitative estimate of drug-likeness (QED) is 0.672. The number of benzene rings is 2. The molecule has 2 heterocycles. The highest BCUT2D eigenvalue weighted by atomic mass is 35.5. The lowest BCUT2D eigenvalue weighted by atomic mass is 10.1. The Hall–Kier alpha value is -2.74. The number of fused-ring (bicyclic) bond motifs is 1. The zero-order valence-corrected chi connectivity index (χ0v) is 16.5. The average Bonchev–Trinajstić information content (AvgIpc) is 2.74. The molecule has 0 spiro atoms. The van der Waals surface area contributed by atoms with Crippen LogP contribution in [0.5, 0.6) is 0 Å². The minimum absolute atomic E-state index is 0.0405. The summed E-state index contributed by atoms with van der Waals surface area (Å²) in [6, 6.07) is 12.4. The van der Waals surface area contributed by atoms with Gasteiger partial charge in [-0.3, -0.25) is 14.5 Å². The SMILES string of the molecule is O=C(Nc1nc2c(CCN3CCOCC3)cccc2[nH]c1=O)c1ccccc1Cl. The molecule has 0 bridgehead atoms. The Morgan fingerprint density at radius 1 is 1.17 bits per heavy atom. The number of amides is 1. The van der Waals surface area contributed by atoms with Gasteiger partial charge in [-0.15, -0.1) is 0 Å². The van der Waals surface area contributed by atoms with Gasteiger partial charge in [-0.2, -0.15) is 0 Å². The third kappa shape index (κ3) is 4.48. The molecule has 0 radical (unpaired) electrons. The zero-order valence-electron chi connectivity index (χ0n) is 15.8. The Bertz CT molecular complexity index is 1090. The van der Waals surface area contributed by atoms with E-state index in [0.29, 0.717) is 16.1 Å². The van der Waals surface area contributed by atoms with Crippen LogP contribution in [0.1, 0.15) is 15.9 Å². The van der Waals surface area contributed by atoms with E-state index in [9.17, 15) is 9.59 Å². The molecule has 0 unspecified atom stereocenters. The van der Waals surface area contributed by atoms with Gasteiger partial charge in [-0.25, -0.2) is 4.98 Å². The number of hydrogen-bond acceptors (Lipinski definition) is 5. The zero-order chi connectivity index (χ0) is 20.2. The number of para-hydroxylation sites is 1. The number of H-pyrrole nitrogens is 1. The van der Waals surface area contributed by atoms with Gasteiger partial charge in [0.15, 0.2) is 5.82 Å². The van der Waals surface area contributed by atoms with Crippen LogP contribution in [0, 0.1) is 0 Å². The summed E-state index contributed by atoms with van der Waals surface area (Å²) in [7, 11) is 0. The van der Waals surface area contributed by atoms with Crippen LogP contribution in [-0.2, 0) is 11.2 Å². The van der Waals surface area contributed by atoms with Crippen molar-refractivity contribution in [3.63, 3.8) is 0 Å². The molecule has 29 heavy (non-hydrogen) atoms. The first kappa shape index (κ1) is 19.6. The Morgan fingerprint density at radius 2 is 1.97 bits per heavy atom. The van der Waals surface area contributed by atoms with Crippen molar-refractivity contribution < 1.29 is 9.53 Å². The Morgan fingerprint density at radius 3 is 2.76 bits per heavy atom. The summed E-state index contributed by atoms with van der Waals surface area (Å²) in [6.45, 7) is 4.20. The maximum Gasteiger partial charge on any atom is 0.291 e. The molecule has 1 fully saturated rings. The molecule has 0 aliphatic carbocycles. The van der Waals surface area contributed by atoms with Crippen molar-refractivity contribution >= 4 is 34.4 Å². The van der Waals surface area contributed by atoms with Crippen LogP contribution in [0.2, 0.25) is 5.02 Å². The van der Waals surface area contributed by atoms with Crippen LogP contribution in [0.3, 0.4) is 0 Å². The second kappa shape index (κ2) is 8.73. The van der Waals surface area contributed by atoms with Crippen molar-refractivity contribution in [2.24, 2.45) is 0 Å². The highest BCUT2D eigenvalue weighted by Crippen LogP contribution is 2.18. The first-order valence-corrected chi connectivity index (χ1v) is 9.87. The number of aromatic amines is 1. The van der Waals surface area contributed by atoms with Crippen LogP contribution in [-0.4, -0.2) is 53.6 Å². The molecule has 1 aliphatic rings. The second-order valence-corrected chi connectivity index (χ2v) is 7.27. The molecule has 8 heteroatoms. The molecule has 7 nitrogen and oxygen atoms in total. The number of nitrogens with one attached hydrogen (secondary N) is 2. The van der Waals surface area contributed by atoms with Gasteiger partial charge in [0.2, 0.25) is 0 Å². The summed E-state index contributed by atoms with van der Waals surface area (Å²) in [5.74, 6) is -0.514. The van der Waals surface area contributed by atoms with Gasteiger partial charge >= 0.3 is 0 Å². The number of carbonyl (C=O) groups is 1. The molecule has 0 saturated carbocycles. The maximum atomic E-state index is 12.5. The van der Waals surface area contributed by atoms with E-state index >= 15 is 0 Å². The molecular weight excluding hydrogens is 392 g/mol. The number of anilines is 1. The normalized spacial score (nSPS) is 14.8. The minimum atomic E-state index is -0.473. The van der Waals surface area contributed by atoms with Crippen molar-refractivity contribution in [3.8, 4) is 0 Å². The van der Waals surface area contributed by atoms with Crippen LogP contribution >= 0.6 is 11.6 Å². The van der Waals surface area contributed by atoms with Crippen molar-refractivity contribution in [3.05, 3.63) is 69.0 Å². The molecule has 3 aromatic rings. The summed E-state index contributed by atoms with van der Waals surface area (Å²) in [5.41, 5.74) is 2.16. The number of nitrogens with zero attached hydrogens (tertiary/aromatic N) is 2. The van der Waals surface area contributed by atoms with E-state index in [1.54, 1.807) is 24.3 Å². The fraction of sp³-hybridized carbons (Fsp3) is 0.286. The van der Waals surface area contributed by atoms with Gasteiger partial charge in [-0.05, 0) is 30.2 Å². The first-order chi connectivity index (χ1) is 14.1. The molecule has 1 saturated heterocycles. The number of carbonyl (C=O) groups excluding carboxylic acids is 1. The number of morpholine rings is 1. The van der Waals surface area contributed by atoms with E-state index in [-0.39, 0.29) is 11.4 Å². The molecule has 1 amide bonds. The summed E-state index contributed by atoms with van der Waals surface area (Å²) in [5, 5.41) is 2.90. The molecule has 150 valence electrons. The summed E-state index contributed by atoms with van der Waals surface area (Å²) in [4.78, 5) is 34.6. The van der Waals surface area contributed by atoms with E-state index in [2.05, 4.69) is 20.2 Å². The van der Waals surface area contributed by atoms with E-state index in [0.717, 1.165) is 44.8 Å². The molecule has 2 N–H and O–H groups in total. The van der Waals surface area contributed by atoms with Gasteiger partial charge in [0, 0.05) is 19.6 Å². The summed E-state index contributed by atoms with van der Waals surface area (Å²) in [6.07, 6.45) is 0.786. The second-order valence-electron chi connectivity index (χ2n) is 6.87. The van der Waals surface area contributed by atoms with Gasteiger partial charge in [0.1, 0.15) is 0 Å². The molecule has 1 aromatic heterocycles. The highest BCUT2D eigenvalue weighted by Gasteiger charge is 2.15. The third-order valence-electron chi connectivity index (χ3n) is 4.96. The number of rotatable bonds is 5. The van der Waals surface area contributed by atoms with Crippen LogP contribution in [0.4, 0.5) is 5.82 Å². The lowest BCUT2D eigenvalue weighted by Gasteiger charge is -2.26. The predicted octanol–water partition coefficient (Wildman–Crippen LogP) is 2.70. The topological polar surface area (TPSA) is 87.3 Å². The monoisotopic (exact) mass is 412 g/mol. The van der Waals surface area contributed by atoms with Gasteiger partial charge in [0.05, 0.1) is 34.8 Å². The molecule has 4 rings (SSSR count). The smallest absolute Gasteiger partial charge is 0.291 e.